The second-order valence-electron chi connectivity index (χ2n) is 10.1. The van der Waals surface area contributed by atoms with Crippen LogP contribution < -0.4 is 11.1 Å². The van der Waals surface area contributed by atoms with E-state index in [1.54, 1.807) is 30.7 Å². The van der Waals surface area contributed by atoms with Gasteiger partial charge in [0.15, 0.2) is 0 Å². The van der Waals surface area contributed by atoms with Crippen LogP contribution in [0.25, 0.3) is 16.8 Å². The topological polar surface area (TPSA) is 123 Å². The Bertz CT molecular complexity index is 1500. The lowest BCUT2D eigenvalue weighted by Crippen LogP contribution is -2.46. The first-order chi connectivity index (χ1) is 19.4. The van der Waals surface area contributed by atoms with Crippen LogP contribution in [0.3, 0.4) is 0 Å². The number of nitrogens with one attached hydrogen (secondary N) is 1. The fourth-order valence-corrected chi connectivity index (χ4v) is 5.55. The number of methoxy groups -OCH3 is 1. The molecular formula is C29H31F2N7O2. The standard InChI is InChI=1S/C29H31F2N7O2/c1-17-10-19(13-24(33)28(17)40-9-3-7-32)21-6-8-34-15-26(21)36-29-35-14-20-4-5-25(37-38(20)29)27-22(30)11-18(16-39-2)12-23(27)31/h4-6,8,11-12,14-15,17,19,24,28H,3,9-10,13,16,33H2,1-2H3,(H,35,36)/t17-,19+,24+,28-/m0/s1. The molecule has 9 nitrogen and oxygen atoms in total. The first-order valence-corrected chi connectivity index (χ1v) is 13.2. The number of hydrogen-bond acceptors (Lipinski definition) is 8. The predicted octanol–water partition coefficient (Wildman–Crippen LogP) is 5.10. The van der Waals surface area contributed by atoms with Gasteiger partial charge in [-0.2, -0.15) is 14.9 Å². The highest BCUT2D eigenvalue weighted by molar-refractivity contribution is 5.66. The van der Waals surface area contributed by atoms with Crippen molar-refractivity contribution in [3.05, 3.63) is 71.7 Å². The highest BCUT2D eigenvalue weighted by Gasteiger charge is 2.35. The summed E-state index contributed by atoms with van der Waals surface area (Å²) in [7, 11) is 1.47. The van der Waals surface area contributed by atoms with Crippen molar-refractivity contribution >= 4 is 17.2 Å². The van der Waals surface area contributed by atoms with Crippen molar-refractivity contribution in [1.82, 2.24) is 19.6 Å². The van der Waals surface area contributed by atoms with E-state index in [1.165, 1.54) is 23.8 Å². The Morgan fingerprint density at radius 3 is 2.70 bits per heavy atom. The summed E-state index contributed by atoms with van der Waals surface area (Å²) in [6, 6.07) is 9.66. The van der Waals surface area contributed by atoms with E-state index in [0.29, 0.717) is 36.5 Å². The van der Waals surface area contributed by atoms with Gasteiger partial charge < -0.3 is 20.5 Å². The second kappa shape index (κ2) is 12.0. The average Bonchev–Trinajstić information content (AvgIpc) is 3.32. The maximum atomic E-state index is 14.9. The molecule has 208 valence electrons. The number of nitrogens with two attached hydrogens (primary N) is 1. The van der Waals surface area contributed by atoms with Gasteiger partial charge in [0.2, 0.25) is 5.95 Å². The minimum absolute atomic E-state index is 0.100. The van der Waals surface area contributed by atoms with E-state index in [9.17, 15) is 8.78 Å². The third-order valence-corrected chi connectivity index (χ3v) is 7.31. The molecule has 40 heavy (non-hydrogen) atoms. The Kier molecular flexibility index (Phi) is 8.30. The lowest BCUT2D eigenvalue weighted by atomic mass is 9.74. The minimum atomic E-state index is -0.722. The number of aromatic nitrogens is 4. The summed E-state index contributed by atoms with van der Waals surface area (Å²) in [6.45, 7) is 2.59. The number of benzene rings is 1. The largest absolute Gasteiger partial charge is 0.380 e. The molecule has 5 rings (SSSR count). The maximum Gasteiger partial charge on any atom is 0.229 e. The Balaban J connectivity index is 1.42. The number of imidazole rings is 1. The van der Waals surface area contributed by atoms with Gasteiger partial charge in [-0.25, -0.2) is 13.8 Å². The molecule has 11 heteroatoms. The number of nitriles is 1. The first-order valence-electron chi connectivity index (χ1n) is 13.2. The molecule has 4 aromatic rings. The van der Waals surface area contributed by atoms with Crippen LogP contribution in [-0.2, 0) is 16.1 Å². The van der Waals surface area contributed by atoms with Gasteiger partial charge >= 0.3 is 0 Å². The van der Waals surface area contributed by atoms with Crippen LogP contribution in [0, 0.1) is 28.9 Å². The van der Waals surface area contributed by atoms with Gasteiger partial charge in [0, 0.05) is 19.3 Å². The van der Waals surface area contributed by atoms with Crippen molar-refractivity contribution in [3.63, 3.8) is 0 Å². The SMILES string of the molecule is COCc1cc(F)c(-c2ccc3cnc(Nc4cnccc4[C@H]4C[C@@H](N)[C@@H](OCCC#N)[C@@H](C)C4)n3n2)c(F)c1. The molecule has 1 saturated carbocycles. The molecule has 0 saturated heterocycles. The van der Waals surface area contributed by atoms with E-state index >= 15 is 0 Å². The number of nitrogens with zero attached hydrogens (tertiary/aromatic N) is 5. The summed E-state index contributed by atoms with van der Waals surface area (Å²) in [5, 5.41) is 16.7. The fourth-order valence-electron chi connectivity index (χ4n) is 5.55. The molecule has 0 bridgehead atoms. The fraction of sp³-hybridized carbons (Fsp3) is 0.379. The van der Waals surface area contributed by atoms with Gasteiger partial charge in [0.25, 0.3) is 0 Å². The van der Waals surface area contributed by atoms with Gasteiger partial charge in [-0.05, 0) is 66.1 Å². The molecule has 1 fully saturated rings. The van der Waals surface area contributed by atoms with Crippen LogP contribution in [-0.4, -0.2) is 45.4 Å². The number of halogens is 2. The van der Waals surface area contributed by atoms with Gasteiger partial charge in [0.1, 0.15) is 11.6 Å². The Hall–Kier alpha value is -3.98. The molecule has 1 aliphatic carbocycles. The van der Waals surface area contributed by atoms with Crippen LogP contribution in [0.15, 0.2) is 48.9 Å². The Morgan fingerprint density at radius 1 is 1.18 bits per heavy atom. The summed E-state index contributed by atoms with van der Waals surface area (Å²) in [5.74, 6) is -0.713. The van der Waals surface area contributed by atoms with Crippen molar-refractivity contribution in [1.29, 1.82) is 5.26 Å². The van der Waals surface area contributed by atoms with Crippen molar-refractivity contribution in [3.8, 4) is 17.3 Å². The van der Waals surface area contributed by atoms with Crippen molar-refractivity contribution < 1.29 is 18.3 Å². The van der Waals surface area contributed by atoms with Crippen LogP contribution in [0.2, 0.25) is 0 Å². The molecule has 4 atom stereocenters. The number of ether oxygens (including phenoxy) is 2. The maximum absolute atomic E-state index is 14.9. The summed E-state index contributed by atoms with van der Waals surface area (Å²) >= 11 is 0. The van der Waals surface area contributed by atoms with Gasteiger partial charge in [-0.1, -0.05) is 6.92 Å². The zero-order valence-electron chi connectivity index (χ0n) is 22.3. The van der Waals surface area contributed by atoms with E-state index in [4.69, 9.17) is 20.5 Å². The molecule has 1 aliphatic rings. The zero-order valence-corrected chi connectivity index (χ0v) is 22.3. The smallest absolute Gasteiger partial charge is 0.229 e. The zero-order chi connectivity index (χ0) is 28.2. The van der Waals surface area contributed by atoms with E-state index in [0.717, 1.165) is 17.7 Å². The molecule has 1 aromatic carbocycles. The lowest BCUT2D eigenvalue weighted by Gasteiger charge is -2.39. The number of fused-ring (bicyclic) bond motifs is 1. The normalized spacial score (nSPS) is 20.9. The van der Waals surface area contributed by atoms with E-state index in [-0.39, 0.29) is 41.8 Å². The number of pyridine rings is 1. The van der Waals surface area contributed by atoms with Crippen LogP contribution in [0.1, 0.15) is 43.2 Å². The quantitative estimate of drug-likeness (QED) is 0.278. The molecule has 3 aromatic heterocycles. The number of hydrogen-bond donors (Lipinski definition) is 2. The van der Waals surface area contributed by atoms with Crippen molar-refractivity contribution in [2.75, 3.05) is 19.0 Å². The molecule has 0 unspecified atom stereocenters. The molecule has 0 radical (unpaired) electrons. The Labute approximate surface area is 231 Å². The monoisotopic (exact) mass is 547 g/mol. The minimum Gasteiger partial charge on any atom is -0.380 e. The second-order valence-corrected chi connectivity index (χ2v) is 10.1. The average molecular weight is 548 g/mol. The van der Waals surface area contributed by atoms with Gasteiger partial charge in [0.05, 0.1) is 66.7 Å². The number of rotatable bonds is 9. The van der Waals surface area contributed by atoms with E-state index in [1.807, 2.05) is 6.07 Å². The van der Waals surface area contributed by atoms with Crippen LogP contribution in [0.5, 0.6) is 0 Å². The van der Waals surface area contributed by atoms with Gasteiger partial charge in [-0.3, -0.25) is 4.98 Å². The molecule has 3 heterocycles. The lowest BCUT2D eigenvalue weighted by molar-refractivity contribution is -0.0198. The third kappa shape index (κ3) is 5.65. The van der Waals surface area contributed by atoms with Crippen molar-refractivity contribution in [2.45, 2.75) is 50.9 Å². The van der Waals surface area contributed by atoms with Crippen LogP contribution >= 0.6 is 0 Å². The van der Waals surface area contributed by atoms with Gasteiger partial charge in [-0.15, -0.1) is 0 Å². The molecule has 0 aliphatic heterocycles. The predicted molar refractivity (Wildman–Crippen MR) is 146 cm³/mol. The summed E-state index contributed by atoms with van der Waals surface area (Å²) < 4.78 is 42.3. The summed E-state index contributed by atoms with van der Waals surface area (Å²) in [6.07, 6.45) is 6.89. The molecule has 0 amide bonds. The van der Waals surface area contributed by atoms with Crippen molar-refractivity contribution in [2.24, 2.45) is 11.7 Å². The Morgan fingerprint density at radius 2 is 1.98 bits per heavy atom. The van der Waals surface area contributed by atoms with E-state index in [2.05, 4.69) is 33.4 Å². The molecule has 0 spiro atoms. The summed E-state index contributed by atoms with van der Waals surface area (Å²) in [5.41, 5.74) is 9.26. The number of anilines is 2. The highest BCUT2D eigenvalue weighted by Crippen LogP contribution is 2.40. The van der Waals surface area contributed by atoms with Crippen LogP contribution in [0.4, 0.5) is 20.4 Å². The third-order valence-electron chi connectivity index (χ3n) is 7.31. The first kappa shape index (κ1) is 27.6. The summed E-state index contributed by atoms with van der Waals surface area (Å²) in [4.78, 5) is 8.76. The molecule has 3 N–H and O–H groups in total. The van der Waals surface area contributed by atoms with E-state index < -0.39 is 11.6 Å². The molecular weight excluding hydrogens is 516 g/mol. The highest BCUT2D eigenvalue weighted by atomic mass is 19.1.